The summed E-state index contributed by atoms with van der Waals surface area (Å²) in [6.45, 7) is 6.67. The lowest BCUT2D eigenvalue weighted by Crippen LogP contribution is -2.35. The number of carbonyl (C=O) groups excluding carboxylic acids is 1. The van der Waals surface area contributed by atoms with Crippen molar-refractivity contribution in [2.45, 2.75) is 32.0 Å². The van der Waals surface area contributed by atoms with E-state index in [0.29, 0.717) is 12.5 Å². The van der Waals surface area contributed by atoms with Crippen LogP contribution in [-0.2, 0) is 11.2 Å². The van der Waals surface area contributed by atoms with E-state index in [1.165, 1.54) is 0 Å². The van der Waals surface area contributed by atoms with Crippen molar-refractivity contribution in [3.63, 3.8) is 0 Å². The predicted octanol–water partition coefficient (Wildman–Crippen LogP) is 2.53. The summed E-state index contributed by atoms with van der Waals surface area (Å²) in [7, 11) is 0. The van der Waals surface area contributed by atoms with E-state index in [2.05, 4.69) is 26.2 Å². The van der Waals surface area contributed by atoms with E-state index in [-0.39, 0.29) is 10.7 Å². The molecule has 0 bridgehead atoms. The first-order chi connectivity index (χ1) is 7.50. The molecule has 1 rings (SSSR count). The van der Waals surface area contributed by atoms with E-state index in [4.69, 9.17) is 0 Å². The van der Waals surface area contributed by atoms with Crippen LogP contribution in [0.3, 0.4) is 0 Å². The van der Waals surface area contributed by atoms with E-state index < -0.39 is 0 Å². The third-order valence-electron chi connectivity index (χ3n) is 2.14. The maximum Gasteiger partial charge on any atom is 0.234 e. The van der Waals surface area contributed by atoms with Crippen molar-refractivity contribution in [3.8, 4) is 0 Å². The fourth-order valence-corrected chi connectivity index (χ4v) is 2.15. The van der Waals surface area contributed by atoms with Gasteiger partial charge in [-0.1, -0.05) is 29.8 Å². The Balaban J connectivity index is 2.28. The molecule has 1 aromatic heterocycles. The summed E-state index contributed by atoms with van der Waals surface area (Å²) < 4.78 is 0. The lowest BCUT2D eigenvalue weighted by Gasteiger charge is -2.13. The Hall–Kier alpha value is -0.420. The van der Waals surface area contributed by atoms with Crippen molar-refractivity contribution in [1.82, 2.24) is 10.3 Å². The van der Waals surface area contributed by atoms with Gasteiger partial charge in [0.1, 0.15) is 0 Å². The molecule has 0 saturated carbocycles. The molecule has 0 aliphatic rings. The molecule has 90 valence electrons. The summed E-state index contributed by atoms with van der Waals surface area (Å²) >= 11 is 5.01. The van der Waals surface area contributed by atoms with Crippen molar-refractivity contribution in [2.75, 3.05) is 6.54 Å². The normalized spacial score (nSPS) is 12.8. The maximum atomic E-state index is 11.6. The van der Waals surface area contributed by atoms with Gasteiger partial charge in [0.05, 0.1) is 9.83 Å². The highest BCUT2D eigenvalue weighted by Crippen LogP contribution is 2.12. The van der Waals surface area contributed by atoms with Gasteiger partial charge < -0.3 is 5.32 Å². The van der Waals surface area contributed by atoms with Crippen LogP contribution in [0.25, 0.3) is 0 Å². The SMILES string of the molecule is Cc1csc(CCNC(=O)C(Br)C(C)C)n1. The van der Waals surface area contributed by atoms with Gasteiger partial charge in [0.25, 0.3) is 0 Å². The van der Waals surface area contributed by atoms with Crippen molar-refractivity contribution in [1.29, 1.82) is 0 Å². The molecule has 0 aliphatic carbocycles. The first-order valence-corrected chi connectivity index (χ1v) is 7.13. The highest BCUT2D eigenvalue weighted by atomic mass is 79.9. The summed E-state index contributed by atoms with van der Waals surface area (Å²) in [5.74, 6) is 0.366. The Labute approximate surface area is 109 Å². The second-order valence-corrected chi connectivity index (χ2v) is 6.00. The number of rotatable bonds is 5. The molecule has 1 unspecified atom stereocenters. The van der Waals surface area contributed by atoms with Crippen LogP contribution in [0.5, 0.6) is 0 Å². The van der Waals surface area contributed by atoms with Gasteiger partial charge in [-0.05, 0) is 12.8 Å². The van der Waals surface area contributed by atoms with Crippen LogP contribution in [0, 0.1) is 12.8 Å². The van der Waals surface area contributed by atoms with E-state index in [0.717, 1.165) is 17.1 Å². The van der Waals surface area contributed by atoms with E-state index in [1.807, 2.05) is 26.2 Å². The average Bonchev–Trinajstić information content (AvgIpc) is 2.62. The average molecular weight is 305 g/mol. The summed E-state index contributed by atoms with van der Waals surface area (Å²) in [5, 5.41) is 6.01. The number of carbonyl (C=O) groups is 1. The lowest BCUT2D eigenvalue weighted by atomic mass is 10.1. The van der Waals surface area contributed by atoms with Gasteiger partial charge >= 0.3 is 0 Å². The molecule has 1 N–H and O–H groups in total. The Bertz CT molecular complexity index is 352. The van der Waals surface area contributed by atoms with Gasteiger partial charge in [-0.2, -0.15) is 0 Å². The quantitative estimate of drug-likeness (QED) is 0.849. The molecule has 5 heteroatoms. The number of halogens is 1. The second kappa shape index (κ2) is 6.35. The molecule has 1 amide bonds. The van der Waals surface area contributed by atoms with Gasteiger partial charge in [-0.25, -0.2) is 4.98 Å². The van der Waals surface area contributed by atoms with Crippen LogP contribution in [0.4, 0.5) is 0 Å². The fraction of sp³-hybridized carbons (Fsp3) is 0.636. The van der Waals surface area contributed by atoms with Crippen LogP contribution in [0.15, 0.2) is 5.38 Å². The molecule has 3 nitrogen and oxygen atoms in total. The van der Waals surface area contributed by atoms with Gasteiger partial charge in [0.2, 0.25) is 5.91 Å². The zero-order valence-electron chi connectivity index (χ0n) is 9.79. The first kappa shape index (κ1) is 13.6. The summed E-state index contributed by atoms with van der Waals surface area (Å²) in [6.07, 6.45) is 0.808. The number of amides is 1. The minimum Gasteiger partial charge on any atom is -0.355 e. The largest absolute Gasteiger partial charge is 0.355 e. The van der Waals surface area contributed by atoms with Gasteiger partial charge in [-0.3, -0.25) is 4.79 Å². The molecule has 1 atom stereocenters. The number of thiazole rings is 1. The molecule has 1 heterocycles. The maximum absolute atomic E-state index is 11.6. The van der Waals surface area contributed by atoms with E-state index in [9.17, 15) is 4.79 Å². The van der Waals surface area contributed by atoms with Gasteiger partial charge in [0, 0.05) is 24.0 Å². The van der Waals surface area contributed by atoms with Crippen LogP contribution in [0.1, 0.15) is 24.5 Å². The molecular weight excluding hydrogens is 288 g/mol. The van der Waals surface area contributed by atoms with E-state index in [1.54, 1.807) is 11.3 Å². The smallest absolute Gasteiger partial charge is 0.234 e. The Morgan fingerprint density at radius 3 is 2.81 bits per heavy atom. The topological polar surface area (TPSA) is 42.0 Å². The lowest BCUT2D eigenvalue weighted by molar-refractivity contribution is -0.121. The number of hydrogen-bond acceptors (Lipinski definition) is 3. The molecular formula is C11H17BrN2OS. The summed E-state index contributed by atoms with van der Waals surface area (Å²) in [6, 6.07) is 0. The number of nitrogens with zero attached hydrogens (tertiary/aromatic N) is 1. The minimum absolute atomic E-state index is 0.0586. The molecule has 0 saturated heterocycles. The predicted molar refractivity (Wildman–Crippen MR) is 71.1 cm³/mol. The number of hydrogen-bond donors (Lipinski definition) is 1. The fourth-order valence-electron chi connectivity index (χ4n) is 1.21. The van der Waals surface area contributed by atoms with Gasteiger partial charge in [-0.15, -0.1) is 11.3 Å². The Morgan fingerprint density at radius 2 is 2.31 bits per heavy atom. The van der Waals surface area contributed by atoms with Gasteiger partial charge in [0.15, 0.2) is 0 Å². The minimum atomic E-state index is -0.106. The van der Waals surface area contributed by atoms with Crippen LogP contribution >= 0.6 is 27.3 Å². The monoisotopic (exact) mass is 304 g/mol. The highest BCUT2D eigenvalue weighted by molar-refractivity contribution is 9.10. The van der Waals surface area contributed by atoms with Crippen molar-refractivity contribution >= 4 is 33.2 Å². The highest BCUT2D eigenvalue weighted by Gasteiger charge is 2.17. The van der Waals surface area contributed by atoms with Crippen LogP contribution in [0.2, 0.25) is 0 Å². The molecule has 0 spiro atoms. The molecule has 0 radical (unpaired) electrons. The molecule has 16 heavy (non-hydrogen) atoms. The molecule has 0 aliphatic heterocycles. The standard InChI is InChI=1S/C11H17BrN2OS/c1-7(2)10(12)11(15)13-5-4-9-14-8(3)6-16-9/h6-7,10H,4-5H2,1-3H3,(H,13,15). The van der Waals surface area contributed by atoms with Crippen molar-refractivity contribution in [2.24, 2.45) is 5.92 Å². The Morgan fingerprint density at radius 1 is 1.62 bits per heavy atom. The third kappa shape index (κ3) is 4.22. The summed E-state index contributed by atoms with van der Waals surface area (Å²) in [5.41, 5.74) is 1.05. The van der Waals surface area contributed by atoms with Crippen LogP contribution in [-0.4, -0.2) is 22.3 Å². The zero-order chi connectivity index (χ0) is 12.1. The summed E-state index contributed by atoms with van der Waals surface area (Å²) in [4.78, 5) is 15.8. The van der Waals surface area contributed by atoms with Crippen molar-refractivity contribution < 1.29 is 4.79 Å². The number of alkyl halides is 1. The molecule has 1 aromatic rings. The molecule has 0 fully saturated rings. The Kier molecular flexibility index (Phi) is 5.41. The first-order valence-electron chi connectivity index (χ1n) is 5.33. The number of aryl methyl sites for hydroxylation is 1. The van der Waals surface area contributed by atoms with Crippen molar-refractivity contribution in [3.05, 3.63) is 16.1 Å². The third-order valence-corrected chi connectivity index (χ3v) is 4.64. The van der Waals surface area contributed by atoms with Crippen LogP contribution < -0.4 is 5.32 Å². The number of nitrogens with one attached hydrogen (secondary N) is 1. The number of aromatic nitrogens is 1. The molecule has 0 aromatic carbocycles. The van der Waals surface area contributed by atoms with E-state index >= 15 is 0 Å². The second-order valence-electron chi connectivity index (χ2n) is 4.07. The zero-order valence-corrected chi connectivity index (χ0v) is 12.2.